The molecular weight excluding hydrogens is 186 g/mol. The van der Waals surface area contributed by atoms with E-state index in [9.17, 15) is 0 Å². The van der Waals surface area contributed by atoms with Gasteiger partial charge in [-0.05, 0) is 17.7 Å². The van der Waals surface area contributed by atoms with E-state index in [0.29, 0.717) is 16.7 Å². The van der Waals surface area contributed by atoms with Gasteiger partial charge in [0.1, 0.15) is 0 Å². The van der Waals surface area contributed by atoms with Crippen LogP contribution in [0.3, 0.4) is 0 Å². The Kier molecular flexibility index (Phi) is 6.03. The van der Waals surface area contributed by atoms with E-state index in [1.54, 1.807) is 12.1 Å². The molecule has 0 spiro atoms. The van der Waals surface area contributed by atoms with Gasteiger partial charge in [0, 0.05) is 0 Å². The van der Waals surface area contributed by atoms with Crippen LogP contribution >= 0.6 is 0 Å². The molecule has 0 bridgehead atoms. The zero-order valence-electron chi connectivity index (χ0n) is 8.78. The van der Waals surface area contributed by atoms with Crippen molar-refractivity contribution in [1.29, 1.82) is 15.8 Å². The molecule has 0 aromatic heterocycles. The first-order valence-electron chi connectivity index (χ1n) is 4.62. The van der Waals surface area contributed by atoms with Gasteiger partial charge in [0.15, 0.2) is 0 Å². The van der Waals surface area contributed by atoms with Crippen LogP contribution < -0.4 is 0 Å². The van der Waals surface area contributed by atoms with Crippen LogP contribution in [0, 0.1) is 34.0 Å². The molecule has 0 N–H and O–H groups in total. The van der Waals surface area contributed by atoms with Crippen LogP contribution in [0.4, 0.5) is 0 Å². The van der Waals surface area contributed by atoms with E-state index in [1.165, 1.54) is 6.07 Å². The monoisotopic (exact) mass is 197 g/mol. The van der Waals surface area contributed by atoms with Crippen LogP contribution in [0.1, 0.15) is 30.5 Å². The molecule has 0 atom stereocenters. The summed E-state index contributed by atoms with van der Waals surface area (Å²) in [6, 6.07) is 10.6. The molecule has 0 aliphatic heterocycles. The third kappa shape index (κ3) is 3.51. The van der Waals surface area contributed by atoms with Gasteiger partial charge in [-0.25, -0.2) is 0 Å². The normalized spacial score (nSPS) is 7.40. The maximum atomic E-state index is 8.70. The van der Waals surface area contributed by atoms with E-state index in [2.05, 4.69) is 0 Å². The third-order valence-corrected chi connectivity index (χ3v) is 1.63. The predicted molar refractivity (Wildman–Crippen MR) is 56.5 cm³/mol. The van der Waals surface area contributed by atoms with E-state index < -0.39 is 0 Å². The first-order valence-corrected chi connectivity index (χ1v) is 4.62. The van der Waals surface area contributed by atoms with Crippen LogP contribution in [-0.4, -0.2) is 0 Å². The van der Waals surface area contributed by atoms with Crippen LogP contribution in [0.2, 0.25) is 0 Å². The Morgan fingerprint density at radius 3 is 2.20 bits per heavy atom. The summed E-state index contributed by atoms with van der Waals surface area (Å²) in [5.41, 5.74) is 1.52. The van der Waals surface area contributed by atoms with Crippen molar-refractivity contribution in [3.63, 3.8) is 0 Å². The molecule has 0 fully saturated rings. The van der Waals surface area contributed by atoms with Gasteiger partial charge in [0.25, 0.3) is 0 Å². The summed E-state index contributed by atoms with van der Waals surface area (Å²) in [6.45, 7) is 4.00. The molecule has 1 aromatic rings. The zero-order chi connectivity index (χ0) is 11.7. The highest BCUT2D eigenvalue weighted by Crippen LogP contribution is 2.10. The summed E-state index contributed by atoms with van der Waals surface area (Å²) in [7, 11) is 0. The summed E-state index contributed by atoms with van der Waals surface area (Å²) in [5, 5.41) is 25.7. The Hall–Kier alpha value is -2.31. The van der Waals surface area contributed by atoms with E-state index >= 15 is 0 Å². The first-order chi connectivity index (χ1) is 7.31. The van der Waals surface area contributed by atoms with Crippen LogP contribution in [0.15, 0.2) is 18.2 Å². The van der Waals surface area contributed by atoms with Crippen molar-refractivity contribution in [3.05, 3.63) is 34.9 Å². The maximum Gasteiger partial charge on any atom is 0.0995 e. The quantitative estimate of drug-likeness (QED) is 0.694. The lowest BCUT2D eigenvalue weighted by molar-refractivity contribution is 1.24. The molecule has 15 heavy (non-hydrogen) atoms. The van der Waals surface area contributed by atoms with Crippen LogP contribution in [0.5, 0.6) is 0 Å². The summed E-state index contributed by atoms with van der Waals surface area (Å²) in [4.78, 5) is 0. The molecule has 0 unspecified atom stereocenters. The number of benzene rings is 1. The number of nitrogens with zero attached hydrogens (tertiary/aromatic N) is 3. The third-order valence-electron chi connectivity index (χ3n) is 1.63. The van der Waals surface area contributed by atoms with Gasteiger partial charge < -0.3 is 0 Å². The average Bonchev–Trinajstić information content (AvgIpc) is 2.32. The summed E-state index contributed by atoms with van der Waals surface area (Å²) in [5.74, 6) is 0. The van der Waals surface area contributed by atoms with Gasteiger partial charge in [-0.15, -0.1) is 0 Å². The number of nitriles is 3. The topological polar surface area (TPSA) is 71.4 Å². The highest BCUT2D eigenvalue weighted by atomic mass is 14.3. The molecule has 0 aliphatic rings. The average molecular weight is 197 g/mol. The molecule has 0 radical (unpaired) electrons. The van der Waals surface area contributed by atoms with Gasteiger partial charge in [-0.2, -0.15) is 15.8 Å². The summed E-state index contributed by atoms with van der Waals surface area (Å²) < 4.78 is 0. The smallest absolute Gasteiger partial charge is 0.0995 e. The standard InChI is InChI=1S/C10H5N3.C2H6/c11-4-3-9-2-1-8(6-12)5-10(9)7-13;1-2/h1-2,5H,3H2;1-2H3. The molecule has 0 heterocycles. The van der Waals surface area contributed by atoms with Gasteiger partial charge in [-0.3, -0.25) is 0 Å². The molecule has 3 nitrogen and oxygen atoms in total. The molecule has 1 aromatic carbocycles. The Morgan fingerprint density at radius 1 is 1.07 bits per heavy atom. The van der Waals surface area contributed by atoms with Crippen molar-refractivity contribution in [2.24, 2.45) is 0 Å². The van der Waals surface area contributed by atoms with E-state index in [1.807, 2.05) is 32.1 Å². The second-order valence-electron chi connectivity index (χ2n) is 2.43. The largest absolute Gasteiger partial charge is 0.198 e. The SMILES string of the molecule is CC.N#CCc1ccc(C#N)cc1C#N. The van der Waals surface area contributed by atoms with Crippen LogP contribution in [0.25, 0.3) is 0 Å². The van der Waals surface area contributed by atoms with Crippen molar-refractivity contribution in [2.75, 3.05) is 0 Å². The van der Waals surface area contributed by atoms with Gasteiger partial charge in [0.2, 0.25) is 0 Å². The Labute approximate surface area is 89.8 Å². The molecule has 74 valence electrons. The second kappa shape index (κ2) is 7.13. The number of hydrogen-bond acceptors (Lipinski definition) is 3. The van der Waals surface area contributed by atoms with Crippen molar-refractivity contribution in [1.82, 2.24) is 0 Å². The lowest BCUT2D eigenvalue weighted by Gasteiger charge is -1.97. The molecular formula is C12H11N3. The molecule has 0 saturated carbocycles. The van der Waals surface area contributed by atoms with E-state index in [0.717, 1.165) is 0 Å². The first kappa shape index (κ1) is 12.7. The Bertz CT molecular complexity index is 441. The predicted octanol–water partition coefficient (Wildman–Crippen LogP) is 2.52. The fourth-order valence-electron chi connectivity index (χ4n) is 0.989. The fraction of sp³-hybridized carbons (Fsp3) is 0.250. The highest BCUT2D eigenvalue weighted by Gasteiger charge is 2.02. The fourth-order valence-corrected chi connectivity index (χ4v) is 0.989. The minimum absolute atomic E-state index is 0.203. The zero-order valence-corrected chi connectivity index (χ0v) is 8.78. The van der Waals surface area contributed by atoms with Gasteiger partial charge in [0.05, 0.1) is 35.8 Å². The summed E-state index contributed by atoms with van der Waals surface area (Å²) >= 11 is 0. The second-order valence-corrected chi connectivity index (χ2v) is 2.43. The number of hydrogen-bond donors (Lipinski definition) is 0. The minimum atomic E-state index is 0.203. The van der Waals surface area contributed by atoms with Gasteiger partial charge >= 0.3 is 0 Å². The highest BCUT2D eigenvalue weighted by molar-refractivity contribution is 5.45. The Balaban J connectivity index is 0.000000921. The van der Waals surface area contributed by atoms with Gasteiger partial charge in [-0.1, -0.05) is 19.9 Å². The van der Waals surface area contributed by atoms with Crippen molar-refractivity contribution in [2.45, 2.75) is 20.3 Å². The van der Waals surface area contributed by atoms with E-state index in [4.69, 9.17) is 15.8 Å². The lowest BCUT2D eigenvalue weighted by Crippen LogP contribution is -1.89. The van der Waals surface area contributed by atoms with Crippen molar-refractivity contribution in [3.8, 4) is 18.2 Å². The molecule has 0 amide bonds. The number of rotatable bonds is 1. The molecule has 0 saturated heterocycles. The maximum absolute atomic E-state index is 8.70. The van der Waals surface area contributed by atoms with Crippen molar-refractivity contribution >= 4 is 0 Å². The lowest BCUT2D eigenvalue weighted by atomic mass is 10.0. The molecule has 1 rings (SSSR count). The van der Waals surface area contributed by atoms with E-state index in [-0.39, 0.29) is 6.42 Å². The minimum Gasteiger partial charge on any atom is -0.198 e. The summed E-state index contributed by atoms with van der Waals surface area (Å²) in [6.07, 6.45) is 0.203. The Morgan fingerprint density at radius 2 is 1.73 bits per heavy atom. The van der Waals surface area contributed by atoms with Crippen LogP contribution in [-0.2, 0) is 6.42 Å². The van der Waals surface area contributed by atoms with Crippen molar-refractivity contribution < 1.29 is 0 Å². The molecule has 3 heteroatoms. The molecule has 0 aliphatic carbocycles.